The van der Waals surface area contributed by atoms with Crippen LogP contribution in [0.2, 0.25) is 0 Å². The lowest BCUT2D eigenvalue weighted by molar-refractivity contribution is -0.122. The number of carbonyl (C=O) groups is 1. The number of fused-ring (bicyclic) bond motifs is 1. The molecule has 108 valence electrons. The first-order valence-corrected chi connectivity index (χ1v) is 7.40. The highest BCUT2D eigenvalue weighted by atomic mass is 16.5. The predicted molar refractivity (Wildman–Crippen MR) is 75.6 cm³/mol. The lowest BCUT2D eigenvalue weighted by atomic mass is 10.0. The molecule has 0 unspecified atom stereocenters. The fourth-order valence-corrected chi connectivity index (χ4v) is 2.80. The Bertz CT molecular complexity index is 481. The van der Waals surface area contributed by atoms with E-state index in [2.05, 4.69) is 11.4 Å². The van der Waals surface area contributed by atoms with Crippen molar-refractivity contribution in [1.82, 2.24) is 5.32 Å². The molecule has 4 heteroatoms. The molecule has 20 heavy (non-hydrogen) atoms. The van der Waals surface area contributed by atoms with Gasteiger partial charge in [0.25, 0.3) is 0 Å². The summed E-state index contributed by atoms with van der Waals surface area (Å²) in [6.07, 6.45) is 3.72. The van der Waals surface area contributed by atoms with Crippen molar-refractivity contribution in [3.63, 3.8) is 0 Å². The topological polar surface area (TPSA) is 47.6 Å². The summed E-state index contributed by atoms with van der Waals surface area (Å²) in [7, 11) is 0. The van der Waals surface area contributed by atoms with Gasteiger partial charge >= 0.3 is 0 Å². The molecule has 1 N–H and O–H groups in total. The van der Waals surface area contributed by atoms with Gasteiger partial charge in [0.05, 0.1) is 6.61 Å². The molecule has 2 aliphatic heterocycles. The number of rotatable bonds is 4. The largest absolute Gasteiger partial charge is 0.493 e. The monoisotopic (exact) mass is 275 g/mol. The van der Waals surface area contributed by atoms with Crippen LogP contribution in [0.5, 0.6) is 5.75 Å². The van der Waals surface area contributed by atoms with Crippen LogP contribution in [0.3, 0.4) is 0 Å². The number of amides is 1. The fraction of sp³-hybridized carbons (Fsp3) is 0.562. The molecule has 2 aliphatic rings. The van der Waals surface area contributed by atoms with Gasteiger partial charge in [0.2, 0.25) is 5.91 Å². The molecule has 1 aromatic rings. The van der Waals surface area contributed by atoms with Crippen molar-refractivity contribution < 1.29 is 14.3 Å². The van der Waals surface area contributed by atoms with Crippen LogP contribution in [0.15, 0.2) is 18.2 Å². The van der Waals surface area contributed by atoms with Crippen molar-refractivity contribution in [2.24, 2.45) is 5.92 Å². The van der Waals surface area contributed by atoms with Gasteiger partial charge in [-0.15, -0.1) is 0 Å². The zero-order valence-electron chi connectivity index (χ0n) is 11.7. The van der Waals surface area contributed by atoms with E-state index in [0.29, 0.717) is 18.9 Å². The standard InChI is InChI=1S/C16H21NO3/c18-16(9-13-5-7-19-11-13)17-10-12-3-4-15-14(8-12)2-1-6-20-15/h3-4,8,13H,1-2,5-7,9-11H2,(H,17,18)/t13-/m0/s1. The van der Waals surface area contributed by atoms with E-state index in [0.717, 1.165) is 50.4 Å². The van der Waals surface area contributed by atoms with Crippen LogP contribution in [0, 0.1) is 5.92 Å². The first-order chi connectivity index (χ1) is 9.81. The number of aryl methyl sites for hydroxylation is 1. The van der Waals surface area contributed by atoms with Crippen molar-refractivity contribution in [3.8, 4) is 5.75 Å². The van der Waals surface area contributed by atoms with Gasteiger partial charge in [-0.1, -0.05) is 12.1 Å². The van der Waals surface area contributed by atoms with Gasteiger partial charge in [0.1, 0.15) is 5.75 Å². The summed E-state index contributed by atoms with van der Waals surface area (Å²) in [6.45, 7) is 2.93. The Hall–Kier alpha value is -1.55. The van der Waals surface area contributed by atoms with Crippen LogP contribution >= 0.6 is 0 Å². The lowest BCUT2D eigenvalue weighted by Gasteiger charge is -2.18. The molecule has 3 rings (SSSR count). The van der Waals surface area contributed by atoms with Crippen LogP contribution in [0.4, 0.5) is 0 Å². The minimum atomic E-state index is 0.120. The second-order valence-corrected chi connectivity index (χ2v) is 5.60. The van der Waals surface area contributed by atoms with E-state index in [-0.39, 0.29) is 5.91 Å². The van der Waals surface area contributed by atoms with E-state index in [1.54, 1.807) is 0 Å². The number of ether oxygens (including phenoxy) is 2. The zero-order valence-corrected chi connectivity index (χ0v) is 11.7. The second kappa shape index (κ2) is 6.27. The third-order valence-electron chi connectivity index (χ3n) is 3.96. The van der Waals surface area contributed by atoms with Gasteiger partial charge in [-0.2, -0.15) is 0 Å². The van der Waals surface area contributed by atoms with Crippen LogP contribution in [0.1, 0.15) is 30.4 Å². The Kier molecular flexibility index (Phi) is 4.21. The number of hydrogen-bond acceptors (Lipinski definition) is 3. The van der Waals surface area contributed by atoms with Crippen LogP contribution < -0.4 is 10.1 Å². The van der Waals surface area contributed by atoms with E-state index in [9.17, 15) is 4.79 Å². The van der Waals surface area contributed by atoms with Gasteiger partial charge < -0.3 is 14.8 Å². The van der Waals surface area contributed by atoms with E-state index >= 15 is 0 Å². The molecule has 2 heterocycles. The average Bonchev–Trinajstić information content (AvgIpc) is 2.98. The molecular weight excluding hydrogens is 254 g/mol. The van der Waals surface area contributed by atoms with Crippen LogP contribution in [-0.4, -0.2) is 25.7 Å². The van der Waals surface area contributed by atoms with E-state index in [1.807, 2.05) is 12.1 Å². The molecule has 1 aromatic carbocycles. The van der Waals surface area contributed by atoms with Crippen LogP contribution in [0.25, 0.3) is 0 Å². The quantitative estimate of drug-likeness (QED) is 0.915. The van der Waals surface area contributed by atoms with Gasteiger partial charge in [-0.05, 0) is 42.4 Å². The Morgan fingerprint density at radius 1 is 1.35 bits per heavy atom. The molecule has 0 radical (unpaired) electrons. The summed E-state index contributed by atoms with van der Waals surface area (Å²) >= 11 is 0. The predicted octanol–water partition coefficient (Wildman–Crippen LogP) is 2.05. The number of carbonyl (C=O) groups excluding carboxylic acids is 1. The smallest absolute Gasteiger partial charge is 0.220 e. The van der Waals surface area contributed by atoms with Crippen molar-refractivity contribution in [3.05, 3.63) is 29.3 Å². The maximum Gasteiger partial charge on any atom is 0.220 e. The molecule has 0 aromatic heterocycles. The highest BCUT2D eigenvalue weighted by Crippen LogP contribution is 2.25. The number of benzene rings is 1. The molecule has 0 bridgehead atoms. The third kappa shape index (κ3) is 3.31. The maximum atomic E-state index is 11.9. The minimum Gasteiger partial charge on any atom is -0.493 e. The summed E-state index contributed by atoms with van der Waals surface area (Å²) in [5, 5.41) is 3.00. The SMILES string of the molecule is O=C(C[C@@H]1CCOC1)NCc1ccc2c(c1)CCCO2. The fourth-order valence-electron chi connectivity index (χ4n) is 2.80. The van der Waals surface area contributed by atoms with Crippen molar-refractivity contribution in [1.29, 1.82) is 0 Å². The molecule has 1 saturated heterocycles. The van der Waals surface area contributed by atoms with E-state index in [4.69, 9.17) is 9.47 Å². The first-order valence-electron chi connectivity index (χ1n) is 7.40. The summed E-state index contributed by atoms with van der Waals surface area (Å²) in [5.41, 5.74) is 2.40. The lowest BCUT2D eigenvalue weighted by Crippen LogP contribution is -2.25. The highest BCUT2D eigenvalue weighted by molar-refractivity contribution is 5.76. The van der Waals surface area contributed by atoms with E-state index in [1.165, 1.54) is 5.56 Å². The van der Waals surface area contributed by atoms with Gasteiger partial charge in [-0.3, -0.25) is 4.79 Å². The molecule has 0 spiro atoms. The molecule has 1 fully saturated rings. The molecule has 4 nitrogen and oxygen atoms in total. The summed E-state index contributed by atoms with van der Waals surface area (Å²) in [6, 6.07) is 6.19. The summed E-state index contributed by atoms with van der Waals surface area (Å²) in [5.74, 6) is 1.51. The number of hydrogen-bond donors (Lipinski definition) is 1. The summed E-state index contributed by atoms with van der Waals surface area (Å²) < 4.78 is 10.9. The van der Waals surface area contributed by atoms with Crippen molar-refractivity contribution >= 4 is 5.91 Å². The Balaban J connectivity index is 1.51. The number of nitrogens with one attached hydrogen (secondary N) is 1. The normalized spacial score (nSPS) is 21.1. The average molecular weight is 275 g/mol. The van der Waals surface area contributed by atoms with Gasteiger partial charge in [0, 0.05) is 26.2 Å². The van der Waals surface area contributed by atoms with Crippen molar-refractivity contribution in [2.45, 2.75) is 32.2 Å². The maximum absolute atomic E-state index is 11.9. The Labute approximate surface area is 119 Å². The molecule has 0 aliphatic carbocycles. The van der Waals surface area contributed by atoms with Gasteiger partial charge in [0.15, 0.2) is 0 Å². The second-order valence-electron chi connectivity index (χ2n) is 5.60. The zero-order chi connectivity index (χ0) is 13.8. The van der Waals surface area contributed by atoms with Gasteiger partial charge in [-0.25, -0.2) is 0 Å². The Morgan fingerprint density at radius 3 is 3.15 bits per heavy atom. The summed E-state index contributed by atoms with van der Waals surface area (Å²) in [4.78, 5) is 11.9. The molecule has 0 saturated carbocycles. The van der Waals surface area contributed by atoms with Crippen LogP contribution in [-0.2, 0) is 22.5 Å². The molecule has 1 atom stereocenters. The minimum absolute atomic E-state index is 0.120. The van der Waals surface area contributed by atoms with Crippen molar-refractivity contribution in [2.75, 3.05) is 19.8 Å². The molecule has 1 amide bonds. The van der Waals surface area contributed by atoms with E-state index < -0.39 is 0 Å². The highest BCUT2D eigenvalue weighted by Gasteiger charge is 2.19. The first kappa shape index (κ1) is 13.4. The Morgan fingerprint density at radius 2 is 2.30 bits per heavy atom. The molecular formula is C16H21NO3. The third-order valence-corrected chi connectivity index (χ3v) is 3.96.